The Balaban J connectivity index is 1.66. The van der Waals surface area contributed by atoms with Gasteiger partial charge in [-0.05, 0) is 41.5 Å². The van der Waals surface area contributed by atoms with Gasteiger partial charge in [-0.15, -0.1) is 0 Å². The molecule has 2 amide bonds. The third-order valence-electron chi connectivity index (χ3n) is 7.18. The number of fused-ring (bicyclic) bond motifs is 3. The number of nitrogens with zero attached hydrogens (tertiary/aromatic N) is 1. The van der Waals surface area contributed by atoms with Crippen molar-refractivity contribution in [1.82, 2.24) is 10.2 Å². The van der Waals surface area contributed by atoms with Crippen LogP contribution in [0.2, 0.25) is 0 Å². The normalized spacial score (nSPS) is 13.5. The number of carbonyl (C=O) groups is 3. The van der Waals surface area contributed by atoms with E-state index < -0.39 is 23.5 Å². The molecule has 1 unspecified atom stereocenters. The van der Waals surface area contributed by atoms with E-state index >= 15 is 0 Å². The van der Waals surface area contributed by atoms with Crippen molar-refractivity contribution < 1.29 is 24.2 Å². The highest BCUT2D eigenvalue weighted by molar-refractivity contribution is 5.88. The van der Waals surface area contributed by atoms with Gasteiger partial charge in [0.2, 0.25) is 5.91 Å². The largest absolute Gasteiger partial charge is 0.480 e. The summed E-state index contributed by atoms with van der Waals surface area (Å²) in [7, 11) is 1.51. The molecule has 7 heteroatoms. The molecule has 0 heterocycles. The first kappa shape index (κ1) is 25.3. The summed E-state index contributed by atoms with van der Waals surface area (Å²) in [4.78, 5) is 38.7. The van der Waals surface area contributed by atoms with Crippen LogP contribution in [0.4, 0.5) is 4.79 Å². The number of hydrogen-bond donors (Lipinski definition) is 2. The van der Waals surface area contributed by atoms with Crippen molar-refractivity contribution >= 4 is 18.0 Å². The maximum absolute atomic E-state index is 13.3. The van der Waals surface area contributed by atoms with Gasteiger partial charge in [0.15, 0.2) is 0 Å². The predicted molar refractivity (Wildman–Crippen MR) is 131 cm³/mol. The molecule has 7 nitrogen and oxygen atoms in total. The lowest BCUT2D eigenvalue weighted by atomic mass is 9.80. The van der Waals surface area contributed by atoms with Crippen LogP contribution in [0.1, 0.15) is 57.1 Å². The van der Waals surface area contributed by atoms with Crippen LogP contribution in [0.3, 0.4) is 0 Å². The molecule has 0 aromatic heterocycles. The summed E-state index contributed by atoms with van der Waals surface area (Å²) in [6.07, 6.45) is 0.647. The first-order chi connectivity index (χ1) is 16.3. The van der Waals surface area contributed by atoms with E-state index in [4.69, 9.17) is 4.74 Å². The molecular weight excluding hydrogens is 432 g/mol. The number of aliphatic carboxylic acids is 1. The molecule has 1 aliphatic carbocycles. The van der Waals surface area contributed by atoms with Gasteiger partial charge in [-0.3, -0.25) is 4.79 Å². The maximum Gasteiger partial charge on any atom is 0.407 e. The van der Waals surface area contributed by atoms with Crippen molar-refractivity contribution in [2.24, 2.45) is 5.41 Å². The summed E-state index contributed by atoms with van der Waals surface area (Å²) >= 11 is 0. The van der Waals surface area contributed by atoms with Crippen LogP contribution in [0, 0.1) is 5.41 Å². The first-order valence-corrected chi connectivity index (χ1v) is 11.9. The number of rotatable bonds is 10. The lowest BCUT2D eigenvalue weighted by Crippen LogP contribution is -2.53. The minimum Gasteiger partial charge on any atom is -0.480 e. The second kappa shape index (κ2) is 10.7. The predicted octanol–water partition coefficient (Wildman–Crippen LogP) is 4.65. The molecule has 2 aromatic carbocycles. The van der Waals surface area contributed by atoms with Gasteiger partial charge in [-0.2, -0.15) is 0 Å². The first-order valence-electron chi connectivity index (χ1n) is 11.9. The number of carbonyl (C=O) groups excluding carboxylic acids is 2. The zero-order valence-electron chi connectivity index (χ0n) is 20.3. The minimum atomic E-state index is -1.04. The molecule has 1 atom stereocenters. The van der Waals surface area contributed by atoms with Crippen LogP contribution in [-0.2, 0) is 14.3 Å². The van der Waals surface area contributed by atoms with Gasteiger partial charge in [0.05, 0.1) is 5.41 Å². The monoisotopic (exact) mass is 466 g/mol. The van der Waals surface area contributed by atoms with E-state index in [2.05, 4.69) is 29.6 Å². The highest BCUT2D eigenvalue weighted by atomic mass is 16.5. The number of hydrogen-bond acceptors (Lipinski definition) is 4. The molecule has 2 aromatic rings. The standard InChI is InChI=1S/C27H34N2O5/c1-5-23(24(30)31)29(4)25(32)27(6-2,7-3)17-28-26(33)34-16-22-20-14-10-8-12-18(20)19-13-9-11-15-21(19)22/h8-15,22-23H,5-7,16-17H2,1-4H3,(H,28,33)(H,30,31). The Morgan fingerprint density at radius 1 is 1.00 bits per heavy atom. The zero-order valence-corrected chi connectivity index (χ0v) is 20.3. The van der Waals surface area contributed by atoms with Gasteiger partial charge in [-0.1, -0.05) is 69.3 Å². The molecule has 1 aliphatic rings. The van der Waals surface area contributed by atoms with Gasteiger partial charge in [0.25, 0.3) is 0 Å². The third-order valence-corrected chi connectivity index (χ3v) is 7.18. The molecule has 0 saturated carbocycles. The van der Waals surface area contributed by atoms with Crippen molar-refractivity contribution in [3.8, 4) is 11.1 Å². The van der Waals surface area contributed by atoms with Gasteiger partial charge >= 0.3 is 12.1 Å². The molecule has 0 spiro atoms. The van der Waals surface area contributed by atoms with Gasteiger partial charge in [0.1, 0.15) is 12.6 Å². The summed E-state index contributed by atoms with van der Waals surface area (Å²) in [5, 5.41) is 12.2. The van der Waals surface area contributed by atoms with E-state index in [0.29, 0.717) is 19.3 Å². The number of carboxylic acids is 1. The Hall–Kier alpha value is -3.35. The summed E-state index contributed by atoms with van der Waals surface area (Å²) in [5.41, 5.74) is 3.66. The Morgan fingerprint density at radius 2 is 1.53 bits per heavy atom. The van der Waals surface area contributed by atoms with Crippen molar-refractivity contribution in [2.45, 2.75) is 52.0 Å². The number of likely N-dealkylation sites (N-methyl/N-ethyl adjacent to an activating group) is 1. The van der Waals surface area contributed by atoms with Crippen LogP contribution in [0.15, 0.2) is 48.5 Å². The summed E-state index contributed by atoms with van der Waals surface area (Å²) < 4.78 is 5.60. The molecule has 34 heavy (non-hydrogen) atoms. The number of ether oxygens (including phenoxy) is 1. The number of carboxylic acid groups (broad SMARTS) is 1. The van der Waals surface area contributed by atoms with Gasteiger partial charge < -0.3 is 20.1 Å². The zero-order chi connectivity index (χ0) is 24.9. The highest BCUT2D eigenvalue weighted by Crippen LogP contribution is 2.44. The lowest BCUT2D eigenvalue weighted by molar-refractivity contribution is -0.154. The number of nitrogens with one attached hydrogen (secondary N) is 1. The fourth-order valence-electron chi connectivity index (χ4n) is 4.90. The Morgan fingerprint density at radius 3 is 2.00 bits per heavy atom. The van der Waals surface area contributed by atoms with Gasteiger partial charge in [0, 0.05) is 19.5 Å². The van der Waals surface area contributed by atoms with Crippen LogP contribution in [0.25, 0.3) is 11.1 Å². The van der Waals surface area contributed by atoms with Crippen molar-refractivity contribution in [2.75, 3.05) is 20.2 Å². The summed E-state index contributed by atoms with van der Waals surface area (Å²) in [6.45, 7) is 5.75. The Kier molecular flexibility index (Phi) is 7.97. The van der Waals surface area contributed by atoms with E-state index in [1.54, 1.807) is 6.92 Å². The van der Waals surface area contributed by atoms with Crippen LogP contribution < -0.4 is 5.32 Å². The highest BCUT2D eigenvalue weighted by Gasteiger charge is 2.40. The van der Waals surface area contributed by atoms with E-state index in [9.17, 15) is 19.5 Å². The summed E-state index contributed by atoms with van der Waals surface area (Å²) in [6, 6.07) is 15.3. The van der Waals surface area contributed by atoms with E-state index in [1.165, 1.54) is 11.9 Å². The van der Waals surface area contributed by atoms with Crippen LogP contribution >= 0.6 is 0 Å². The third kappa shape index (κ3) is 4.79. The topological polar surface area (TPSA) is 95.9 Å². The molecule has 0 radical (unpaired) electrons. The fraction of sp³-hybridized carbons (Fsp3) is 0.444. The van der Waals surface area contributed by atoms with Crippen molar-refractivity contribution in [3.63, 3.8) is 0 Å². The molecule has 0 saturated heterocycles. The fourth-order valence-corrected chi connectivity index (χ4v) is 4.90. The van der Waals surface area contributed by atoms with E-state index in [0.717, 1.165) is 22.3 Å². The minimum absolute atomic E-state index is 0.0473. The average molecular weight is 467 g/mol. The second-order valence-electron chi connectivity index (χ2n) is 8.84. The molecular formula is C27H34N2O5. The molecule has 0 aliphatic heterocycles. The van der Waals surface area contributed by atoms with Crippen molar-refractivity contribution in [1.29, 1.82) is 0 Å². The molecule has 3 rings (SSSR count). The van der Waals surface area contributed by atoms with Crippen LogP contribution in [-0.4, -0.2) is 54.2 Å². The molecule has 182 valence electrons. The molecule has 2 N–H and O–H groups in total. The molecule has 0 fully saturated rings. The average Bonchev–Trinajstić information content (AvgIpc) is 3.17. The van der Waals surface area contributed by atoms with Gasteiger partial charge in [-0.25, -0.2) is 9.59 Å². The quantitative estimate of drug-likeness (QED) is 0.531. The second-order valence-corrected chi connectivity index (χ2v) is 8.84. The van der Waals surface area contributed by atoms with E-state index in [1.807, 2.05) is 38.1 Å². The summed E-state index contributed by atoms with van der Waals surface area (Å²) in [5.74, 6) is -1.37. The van der Waals surface area contributed by atoms with E-state index in [-0.39, 0.29) is 25.0 Å². The van der Waals surface area contributed by atoms with Crippen molar-refractivity contribution in [3.05, 3.63) is 59.7 Å². The smallest absolute Gasteiger partial charge is 0.407 e. The number of amides is 2. The van der Waals surface area contributed by atoms with Crippen LogP contribution in [0.5, 0.6) is 0 Å². The Bertz CT molecular complexity index is 1000. The number of alkyl carbamates (subject to hydrolysis) is 1. The molecule has 0 bridgehead atoms. The number of benzene rings is 2. The lowest BCUT2D eigenvalue weighted by Gasteiger charge is -2.36. The Labute approximate surface area is 201 Å². The SMILES string of the molecule is CCC(C(=O)O)N(C)C(=O)C(CC)(CC)CNC(=O)OCC1c2ccccc2-c2ccccc21. The maximum atomic E-state index is 13.3.